The van der Waals surface area contributed by atoms with Gasteiger partial charge < -0.3 is 5.32 Å². The predicted molar refractivity (Wildman–Crippen MR) is 76.0 cm³/mol. The number of benzene rings is 1. The minimum Gasteiger partial charge on any atom is -0.306 e. The van der Waals surface area contributed by atoms with E-state index in [1.807, 2.05) is 24.6 Å². The summed E-state index contributed by atoms with van der Waals surface area (Å²) in [6, 6.07) is 5.33. The van der Waals surface area contributed by atoms with Crippen LogP contribution >= 0.6 is 11.3 Å². The molecule has 0 aliphatic rings. The van der Waals surface area contributed by atoms with Gasteiger partial charge in [-0.2, -0.15) is 24.5 Å². The predicted octanol–water partition coefficient (Wildman–Crippen LogP) is 4.77. The Labute approximate surface area is 120 Å². The van der Waals surface area contributed by atoms with Gasteiger partial charge >= 0.3 is 6.18 Å². The molecule has 0 bridgehead atoms. The van der Waals surface area contributed by atoms with Gasteiger partial charge in [-0.25, -0.2) is 0 Å². The molecule has 2 aromatic rings. The van der Waals surface area contributed by atoms with Crippen LogP contribution in [0.5, 0.6) is 0 Å². The van der Waals surface area contributed by atoms with Crippen LogP contribution in [0.15, 0.2) is 35.0 Å². The van der Waals surface area contributed by atoms with Crippen LogP contribution in [0.3, 0.4) is 0 Å². The summed E-state index contributed by atoms with van der Waals surface area (Å²) in [5.74, 6) is 0. The number of thiophene rings is 1. The van der Waals surface area contributed by atoms with Crippen molar-refractivity contribution in [2.45, 2.75) is 26.1 Å². The number of aryl methyl sites for hydroxylation is 1. The zero-order chi connectivity index (χ0) is 14.8. The van der Waals surface area contributed by atoms with Crippen LogP contribution in [0.25, 0.3) is 0 Å². The highest BCUT2D eigenvalue weighted by molar-refractivity contribution is 7.08. The fraction of sp³-hybridized carbons (Fsp3) is 0.333. The maximum Gasteiger partial charge on any atom is 0.416 e. The summed E-state index contributed by atoms with van der Waals surface area (Å²) in [7, 11) is 0. The third-order valence-electron chi connectivity index (χ3n) is 3.16. The van der Waals surface area contributed by atoms with Crippen molar-refractivity contribution in [3.63, 3.8) is 0 Å². The molecule has 0 saturated carbocycles. The molecule has 0 aliphatic carbocycles. The minimum atomic E-state index is -4.31. The lowest BCUT2D eigenvalue weighted by atomic mass is 9.96. The van der Waals surface area contributed by atoms with Crippen molar-refractivity contribution < 1.29 is 13.2 Å². The van der Waals surface area contributed by atoms with Crippen LogP contribution in [-0.4, -0.2) is 6.54 Å². The second kappa shape index (κ2) is 5.97. The summed E-state index contributed by atoms with van der Waals surface area (Å²) in [5.41, 5.74) is 2.17. The van der Waals surface area contributed by atoms with Gasteiger partial charge in [0, 0.05) is 0 Å². The number of rotatable bonds is 4. The molecule has 0 fully saturated rings. The third kappa shape index (κ3) is 3.22. The molecular weight excluding hydrogens is 283 g/mol. The zero-order valence-corrected chi connectivity index (χ0v) is 12.1. The van der Waals surface area contributed by atoms with Crippen molar-refractivity contribution >= 4 is 11.3 Å². The molecule has 1 atom stereocenters. The quantitative estimate of drug-likeness (QED) is 0.857. The Morgan fingerprint density at radius 1 is 1.25 bits per heavy atom. The molecule has 1 nitrogen and oxygen atoms in total. The van der Waals surface area contributed by atoms with E-state index in [0.717, 1.165) is 17.2 Å². The topological polar surface area (TPSA) is 12.0 Å². The molecule has 0 aliphatic heterocycles. The highest BCUT2D eigenvalue weighted by atomic mass is 32.1. The van der Waals surface area contributed by atoms with Crippen LogP contribution in [0.2, 0.25) is 0 Å². The molecule has 0 spiro atoms. The summed E-state index contributed by atoms with van der Waals surface area (Å²) in [4.78, 5) is 0. The van der Waals surface area contributed by atoms with Crippen molar-refractivity contribution in [3.8, 4) is 0 Å². The smallest absolute Gasteiger partial charge is 0.306 e. The highest BCUT2D eigenvalue weighted by Crippen LogP contribution is 2.33. The van der Waals surface area contributed by atoms with E-state index in [9.17, 15) is 13.2 Å². The number of halogens is 3. The van der Waals surface area contributed by atoms with Gasteiger partial charge in [-0.1, -0.05) is 19.1 Å². The third-order valence-corrected chi connectivity index (χ3v) is 4.04. The van der Waals surface area contributed by atoms with Gasteiger partial charge in [0.05, 0.1) is 11.6 Å². The molecule has 0 amide bonds. The Morgan fingerprint density at radius 3 is 2.55 bits per heavy atom. The van der Waals surface area contributed by atoms with Gasteiger partial charge in [0.15, 0.2) is 0 Å². The fourth-order valence-electron chi connectivity index (χ4n) is 2.17. The van der Waals surface area contributed by atoms with Crippen LogP contribution in [-0.2, 0) is 6.18 Å². The largest absolute Gasteiger partial charge is 0.416 e. The Morgan fingerprint density at radius 2 is 2.00 bits per heavy atom. The summed E-state index contributed by atoms with van der Waals surface area (Å²) < 4.78 is 38.5. The second-order valence-electron chi connectivity index (χ2n) is 4.62. The van der Waals surface area contributed by atoms with Gasteiger partial charge in [-0.05, 0) is 53.1 Å². The number of hydrogen-bond acceptors (Lipinski definition) is 2. The summed E-state index contributed by atoms with van der Waals surface area (Å²) >= 11 is 1.56. The molecule has 20 heavy (non-hydrogen) atoms. The molecule has 0 radical (unpaired) electrons. The van der Waals surface area contributed by atoms with E-state index >= 15 is 0 Å². The number of alkyl halides is 3. The zero-order valence-electron chi connectivity index (χ0n) is 11.3. The summed E-state index contributed by atoms with van der Waals surface area (Å²) in [5, 5.41) is 7.26. The van der Waals surface area contributed by atoms with Gasteiger partial charge in [0.25, 0.3) is 0 Å². The van der Waals surface area contributed by atoms with Crippen molar-refractivity contribution in [1.82, 2.24) is 5.32 Å². The van der Waals surface area contributed by atoms with E-state index in [2.05, 4.69) is 5.32 Å². The molecule has 0 saturated heterocycles. The van der Waals surface area contributed by atoms with Crippen molar-refractivity contribution in [2.75, 3.05) is 6.54 Å². The van der Waals surface area contributed by atoms with Crippen molar-refractivity contribution in [2.24, 2.45) is 0 Å². The van der Waals surface area contributed by atoms with Crippen molar-refractivity contribution in [1.29, 1.82) is 0 Å². The van der Waals surface area contributed by atoms with E-state index in [0.29, 0.717) is 12.1 Å². The molecule has 1 N–H and O–H groups in total. The lowest BCUT2D eigenvalue weighted by Gasteiger charge is -2.20. The molecule has 1 aromatic heterocycles. The SMILES string of the molecule is CCNC(c1cccc(C(F)(F)F)c1)c1cscc1C. The minimum absolute atomic E-state index is 0.200. The number of hydrogen-bond donors (Lipinski definition) is 1. The van der Waals surface area contributed by atoms with E-state index in [-0.39, 0.29) is 6.04 Å². The molecule has 2 rings (SSSR count). The Kier molecular flexibility index (Phi) is 4.50. The average molecular weight is 299 g/mol. The Balaban J connectivity index is 2.43. The van der Waals surface area contributed by atoms with Gasteiger partial charge in [0.2, 0.25) is 0 Å². The molecule has 1 unspecified atom stereocenters. The van der Waals surface area contributed by atoms with E-state index < -0.39 is 11.7 Å². The van der Waals surface area contributed by atoms with Gasteiger partial charge in [0.1, 0.15) is 0 Å². The Hall–Kier alpha value is -1.33. The molecule has 1 heterocycles. The first kappa shape index (κ1) is 15.1. The number of nitrogens with one attached hydrogen (secondary N) is 1. The maximum atomic E-state index is 12.8. The van der Waals surface area contributed by atoms with Crippen molar-refractivity contribution in [3.05, 3.63) is 57.3 Å². The van der Waals surface area contributed by atoms with E-state index in [1.54, 1.807) is 17.4 Å². The van der Waals surface area contributed by atoms with Crippen LogP contribution in [0.4, 0.5) is 13.2 Å². The van der Waals surface area contributed by atoms with E-state index in [4.69, 9.17) is 0 Å². The molecule has 5 heteroatoms. The monoisotopic (exact) mass is 299 g/mol. The van der Waals surface area contributed by atoms with Gasteiger partial charge in [-0.15, -0.1) is 0 Å². The standard InChI is InChI=1S/C15H16F3NS/c1-3-19-14(13-9-20-8-10(13)2)11-5-4-6-12(7-11)15(16,17)18/h4-9,14,19H,3H2,1-2H3. The summed E-state index contributed by atoms with van der Waals surface area (Å²) in [6.07, 6.45) is -4.31. The molecule has 108 valence electrons. The lowest BCUT2D eigenvalue weighted by Crippen LogP contribution is -2.22. The molecular formula is C15H16F3NS. The van der Waals surface area contributed by atoms with Crippen LogP contribution in [0, 0.1) is 6.92 Å². The van der Waals surface area contributed by atoms with Crippen LogP contribution < -0.4 is 5.32 Å². The summed E-state index contributed by atoms with van der Waals surface area (Å²) in [6.45, 7) is 4.61. The maximum absolute atomic E-state index is 12.8. The fourth-order valence-corrected chi connectivity index (χ4v) is 3.05. The highest BCUT2D eigenvalue weighted by Gasteiger charge is 2.31. The first-order chi connectivity index (χ1) is 9.43. The van der Waals surface area contributed by atoms with E-state index in [1.165, 1.54) is 12.1 Å². The first-order valence-corrected chi connectivity index (χ1v) is 7.31. The molecule has 1 aromatic carbocycles. The first-order valence-electron chi connectivity index (χ1n) is 6.36. The average Bonchev–Trinajstić information content (AvgIpc) is 2.81. The Bertz CT molecular complexity index is 574. The second-order valence-corrected chi connectivity index (χ2v) is 5.37. The normalized spacial score (nSPS) is 13.4. The van der Waals surface area contributed by atoms with Gasteiger partial charge in [-0.3, -0.25) is 0 Å². The lowest BCUT2D eigenvalue weighted by molar-refractivity contribution is -0.137. The van der Waals surface area contributed by atoms with Crippen LogP contribution in [0.1, 0.15) is 35.2 Å².